The Morgan fingerprint density at radius 2 is 2.31 bits per heavy atom. The fourth-order valence-corrected chi connectivity index (χ4v) is 0.885. The van der Waals surface area contributed by atoms with Crippen LogP contribution in [-0.2, 0) is 6.67 Å². The Morgan fingerprint density at radius 1 is 1.69 bits per heavy atom. The van der Waals surface area contributed by atoms with E-state index < -0.39 is 11.5 Å². The molecule has 0 amide bonds. The van der Waals surface area contributed by atoms with Gasteiger partial charge in [-0.05, 0) is 14.1 Å². The summed E-state index contributed by atoms with van der Waals surface area (Å²) in [5, 5.41) is 0. The van der Waals surface area contributed by atoms with Gasteiger partial charge in [-0.3, -0.25) is 9.47 Å². The first-order valence-electron chi connectivity index (χ1n) is 3.68. The van der Waals surface area contributed by atoms with Gasteiger partial charge in [-0.2, -0.15) is 4.98 Å². The van der Waals surface area contributed by atoms with Gasteiger partial charge in [-0.15, -0.1) is 0 Å². The van der Waals surface area contributed by atoms with E-state index in [4.69, 9.17) is 5.73 Å². The zero-order valence-electron chi connectivity index (χ0n) is 7.49. The van der Waals surface area contributed by atoms with Crippen LogP contribution in [0.5, 0.6) is 0 Å². The molecule has 1 aromatic rings. The Kier molecular flexibility index (Phi) is 2.62. The number of nitrogen functional groups attached to an aromatic ring is 1. The summed E-state index contributed by atoms with van der Waals surface area (Å²) >= 11 is 0. The second-order valence-electron chi connectivity index (χ2n) is 2.95. The minimum Gasteiger partial charge on any atom is -0.381 e. The summed E-state index contributed by atoms with van der Waals surface area (Å²) in [4.78, 5) is 16.1. The van der Waals surface area contributed by atoms with Gasteiger partial charge in [0.2, 0.25) is 0 Å². The maximum atomic E-state index is 12.8. The standard InChI is InChI=1S/C7H11FN4O/c1-11(2)4-12-3-5(8)6(9)10-7(12)13/h3H,4H2,1-2H3,(H2,9,10,13). The van der Waals surface area contributed by atoms with Gasteiger partial charge in [0.25, 0.3) is 0 Å². The lowest BCUT2D eigenvalue weighted by Gasteiger charge is -2.11. The predicted octanol–water partition coefficient (Wildman–Crippen LogP) is -0.516. The van der Waals surface area contributed by atoms with Gasteiger partial charge < -0.3 is 5.73 Å². The predicted molar refractivity (Wildman–Crippen MR) is 46.6 cm³/mol. The fourth-order valence-electron chi connectivity index (χ4n) is 0.885. The summed E-state index contributed by atoms with van der Waals surface area (Å²) in [7, 11) is 3.53. The molecule has 1 heterocycles. The van der Waals surface area contributed by atoms with Gasteiger partial charge in [0.15, 0.2) is 11.6 Å². The van der Waals surface area contributed by atoms with Crippen molar-refractivity contribution in [1.82, 2.24) is 14.5 Å². The number of anilines is 1. The highest BCUT2D eigenvalue weighted by molar-refractivity contribution is 5.26. The molecule has 13 heavy (non-hydrogen) atoms. The van der Waals surface area contributed by atoms with E-state index in [1.54, 1.807) is 19.0 Å². The smallest absolute Gasteiger partial charge is 0.350 e. The molecule has 72 valence electrons. The van der Waals surface area contributed by atoms with Gasteiger partial charge in [-0.1, -0.05) is 0 Å². The Hall–Kier alpha value is -1.43. The normalized spacial score (nSPS) is 10.8. The molecule has 2 N–H and O–H groups in total. The maximum absolute atomic E-state index is 12.8. The van der Waals surface area contributed by atoms with Crippen molar-refractivity contribution in [2.24, 2.45) is 0 Å². The number of nitrogens with zero attached hydrogens (tertiary/aromatic N) is 3. The number of nitrogens with two attached hydrogens (primary N) is 1. The topological polar surface area (TPSA) is 64.2 Å². The van der Waals surface area contributed by atoms with Crippen LogP contribution >= 0.6 is 0 Å². The van der Waals surface area contributed by atoms with Crippen LogP contribution in [0.2, 0.25) is 0 Å². The zero-order chi connectivity index (χ0) is 10.0. The fraction of sp³-hybridized carbons (Fsp3) is 0.429. The quantitative estimate of drug-likeness (QED) is 0.675. The molecule has 0 aromatic carbocycles. The molecular weight excluding hydrogens is 175 g/mol. The third-order valence-corrected chi connectivity index (χ3v) is 1.41. The van der Waals surface area contributed by atoms with E-state index in [9.17, 15) is 9.18 Å². The molecule has 6 heteroatoms. The van der Waals surface area contributed by atoms with Crippen molar-refractivity contribution in [2.75, 3.05) is 19.8 Å². The van der Waals surface area contributed by atoms with Crippen LogP contribution in [0, 0.1) is 5.82 Å². The summed E-state index contributed by atoms with van der Waals surface area (Å²) in [5.74, 6) is -1.04. The number of hydrogen-bond acceptors (Lipinski definition) is 4. The van der Waals surface area contributed by atoms with Crippen LogP contribution < -0.4 is 11.4 Å². The molecule has 0 saturated heterocycles. The first kappa shape index (κ1) is 9.66. The van der Waals surface area contributed by atoms with Crippen molar-refractivity contribution in [3.8, 4) is 0 Å². The molecule has 0 aliphatic rings. The second kappa shape index (κ2) is 3.53. The van der Waals surface area contributed by atoms with Crippen molar-refractivity contribution >= 4 is 5.82 Å². The third kappa shape index (κ3) is 2.25. The Morgan fingerprint density at radius 3 is 2.85 bits per heavy atom. The van der Waals surface area contributed by atoms with Gasteiger partial charge in [0, 0.05) is 6.20 Å². The average Bonchev–Trinajstić information content (AvgIpc) is 1.99. The summed E-state index contributed by atoms with van der Waals surface area (Å²) in [6.45, 7) is 0.281. The molecule has 1 rings (SSSR count). The van der Waals surface area contributed by atoms with E-state index in [-0.39, 0.29) is 12.5 Å². The molecule has 0 bridgehead atoms. The molecule has 0 aliphatic heterocycles. The lowest BCUT2D eigenvalue weighted by Crippen LogP contribution is -2.30. The monoisotopic (exact) mass is 186 g/mol. The number of halogens is 1. The molecular formula is C7H11FN4O. The largest absolute Gasteiger partial charge is 0.381 e. The minimum absolute atomic E-state index is 0.281. The molecule has 5 nitrogen and oxygen atoms in total. The summed E-state index contributed by atoms with van der Waals surface area (Å²) < 4.78 is 14.0. The Labute approximate surface area is 74.6 Å². The summed E-state index contributed by atoms with van der Waals surface area (Å²) in [6, 6.07) is 0. The molecule has 0 spiro atoms. The summed E-state index contributed by atoms with van der Waals surface area (Å²) in [6.07, 6.45) is 1.05. The molecule has 0 radical (unpaired) electrons. The first-order chi connectivity index (χ1) is 6.00. The number of rotatable bonds is 2. The third-order valence-electron chi connectivity index (χ3n) is 1.41. The van der Waals surface area contributed by atoms with E-state index in [1.807, 2.05) is 0 Å². The number of hydrogen-bond donors (Lipinski definition) is 1. The van der Waals surface area contributed by atoms with Crippen LogP contribution in [0.4, 0.5) is 10.2 Å². The van der Waals surface area contributed by atoms with Crippen LogP contribution in [0.3, 0.4) is 0 Å². The van der Waals surface area contributed by atoms with Gasteiger partial charge in [0.1, 0.15) is 0 Å². The van der Waals surface area contributed by atoms with Gasteiger partial charge in [0.05, 0.1) is 6.67 Å². The van der Waals surface area contributed by atoms with Gasteiger partial charge in [-0.25, -0.2) is 9.18 Å². The lowest BCUT2D eigenvalue weighted by atomic mass is 10.5. The average molecular weight is 186 g/mol. The van der Waals surface area contributed by atoms with Crippen molar-refractivity contribution in [3.05, 3.63) is 22.5 Å². The van der Waals surface area contributed by atoms with Crippen LogP contribution in [0.1, 0.15) is 0 Å². The molecule has 0 saturated carbocycles. The molecule has 0 fully saturated rings. The maximum Gasteiger partial charge on any atom is 0.350 e. The van der Waals surface area contributed by atoms with E-state index in [0.717, 1.165) is 10.8 Å². The first-order valence-corrected chi connectivity index (χ1v) is 3.68. The number of aromatic nitrogens is 2. The highest BCUT2D eigenvalue weighted by atomic mass is 19.1. The van der Waals surface area contributed by atoms with Gasteiger partial charge >= 0.3 is 5.69 Å². The van der Waals surface area contributed by atoms with Crippen molar-refractivity contribution in [2.45, 2.75) is 6.67 Å². The van der Waals surface area contributed by atoms with Crippen molar-refractivity contribution < 1.29 is 4.39 Å². The van der Waals surface area contributed by atoms with E-state index in [2.05, 4.69) is 4.98 Å². The molecule has 1 aromatic heterocycles. The zero-order valence-corrected chi connectivity index (χ0v) is 7.49. The molecule has 0 unspecified atom stereocenters. The van der Waals surface area contributed by atoms with Crippen LogP contribution in [0.25, 0.3) is 0 Å². The van der Waals surface area contributed by atoms with E-state index >= 15 is 0 Å². The highest BCUT2D eigenvalue weighted by Gasteiger charge is 2.04. The van der Waals surface area contributed by atoms with E-state index in [0.29, 0.717) is 0 Å². The van der Waals surface area contributed by atoms with Crippen molar-refractivity contribution in [1.29, 1.82) is 0 Å². The molecule has 0 atom stereocenters. The minimum atomic E-state index is -0.679. The molecule has 0 aliphatic carbocycles. The van der Waals surface area contributed by atoms with Crippen LogP contribution in [-0.4, -0.2) is 28.5 Å². The highest BCUT2D eigenvalue weighted by Crippen LogP contribution is 2.00. The Balaban J connectivity index is 3.09. The van der Waals surface area contributed by atoms with E-state index in [1.165, 1.54) is 0 Å². The second-order valence-corrected chi connectivity index (χ2v) is 2.95. The lowest BCUT2D eigenvalue weighted by molar-refractivity contribution is 0.314. The SMILES string of the molecule is CN(C)Cn1cc(F)c(N)nc1=O. The summed E-state index contributed by atoms with van der Waals surface area (Å²) in [5.41, 5.74) is 4.56. The van der Waals surface area contributed by atoms with Crippen molar-refractivity contribution in [3.63, 3.8) is 0 Å². The Bertz CT molecular complexity index is 360. The van der Waals surface area contributed by atoms with Crippen LogP contribution in [0.15, 0.2) is 11.0 Å².